The number of fused-ring (bicyclic) bond motifs is 3. The van der Waals surface area contributed by atoms with E-state index < -0.39 is 6.36 Å². The van der Waals surface area contributed by atoms with E-state index in [1.54, 1.807) is 0 Å². The molecular weight excluding hydrogens is 367 g/mol. The van der Waals surface area contributed by atoms with E-state index in [4.69, 9.17) is 0 Å². The molecule has 140 valence electrons. The Hall–Kier alpha value is -1.87. The lowest BCUT2D eigenvalue weighted by atomic mass is 9.89. The van der Waals surface area contributed by atoms with E-state index in [9.17, 15) is 18.0 Å². The third-order valence-corrected chi connectivity index (χ3v) is 5.82. The van der Waals surface area contributed by atoms with E-state index >= 15 is 0 Å². The van der Waals surface area contributed by atoms with Crippen molar-refractivity contribution in [1.29, 1.82) is 0 Å². The highest BCUT2D eigenvalue weighted by atomic mass is 32.1. The van der Waals surface area contributed by atoms with Crippen molar-refractivity contribution in [2.75, 3.05) is 5.32 Å². The number of rotatable bonds is 4. The summed E-state index contributed by atoms with van der Waals surface area (Å²) in [5, 5.41) is 6.72. The number of halogens is 3. The molecule has 5 nitrogen and oxygen atoms in total. The summed E-state index contributed by atoms with van der Waals surface area (Å²) < 4.78 is 41.4. The summed E-state index contributed by atoms with van der Waals surface area (Å²) in [7, 11) is 0. The summed E-state index contributed by atoms with van der Waals surface area (Å²) in [4.78, 5) is 16.6. The minimum atomic E-state index is -4.73. The predicted octanol–water partition coefficient (Wildman–Crippen LogP) is 4.05. The second kappa shape index (κ2) is 6.70. The van der Waals surface area contributed by atoms with Crippen LogP contribution in [-0.4, -0.2) is 29.3 Å². The molecule has 1 aromatic heterocycles. The number of alkyl halides is 3. The van der Waals surface area contributed by atoms with Crippen molar-refractivity contribution in [3.05, 3.63) is 18.2 Å². The summed E-state index contributed by atoms with van der Waals surface area (Å²) >= 11 is 1.14. The van der Waals surface area contributed by atoms with Gasteiger partial charge in [0, 0.05) is 24.6 Å². The molecule has 4 rings (SSSR count). The Bertz CT molecular complexity index is 811. The number of carbonyl (C=O) groups excluding carboxylic acids is 1. The van der Waals surface area contributed by atoms with Crippen molar-refractivity contribution in [2.45, 2.75) is 50.6 Å². The number of nitrogens with one attached hydrogen (secondary N) is 2. The maximum Gasteiger partial charge on any atom is 0.573 e. The minimum Gasteiger partial charge on any atom is -0.406 e. The molecule has 2 fully saturated rings. The summed E-state index contributed by atoms with van der Waals surface area (Å²) in [5.74, 6) is -0.0197. The molecule has 2 N–H and O–H groups in total. The van der Waals surface area contributed by atoms with E-state index in [2.05, 4.69) is 20.4 Å². The van der Waals surface area contributed by atoms with Crippen molar-refractivity contribution in [3.8, 4) is 5.75 Å². The summed E-state index contributed by atoms with van der Waals surface area (Å²) in [6.07, 6.45) is 0.118. The van der Waals surface area contributed by atoms with Crippen LogP contribution >= 0.6 is 11.3 Å². The maximum atomic E-state index is 12.3. The number of ether oxygens (including phenoxy) is 1. The zero-order valence-electron chi connectivity index (χ0n) is 13.8. The number of hydrogen-bond acceptors (Lipinski definition) is 5. The number of hydrogen-bond donors (Lipinski definition) is 2. The normalized spacial score (nSPS) is 25.4. The van der Waals surface area contributed by atoms with Crippen molar-refractivity contribution in [3.63, 3.8) is 0 Å². The highest BCUT2D eigenvalue weighted by molar-refractivity contribution is 7.22. The lowest BCUT2D eigenvalue weighted by Crippen LogP contribution is -2.39. The Balaban J connectivity index is 1.39. The molecule has 26 heavy (non-hydrogen) atoms. The number of nitrogens with zero attached hydrogens (tertiary/aromatic N) is 1. The Morgan fingerprint density at radius 3 is 2.73 bits per heavy atom. The van der Waals surface area contributed by atoms with Gasteiger partial charge in [-0.1, -0.05) is 11.3 Å². The lowest BCUT2D eigenvalue weighted by molar-refractivity contribution is -0.274. The van der Waals surface area contributed by atoms with Crippen molar-refractivity contribution < 1.29 is 22.7 Å². The van der Waals surface area contributed by atoms with Crippen LogP contribution in [0.3, 0.4) is 0 Å². The van der Waals surface area contributed by atoms with Crippen LogP contribution in [0.2, 0.25) is 0 Å². The topological polar surface area (TPSA) is 63.2 Å². The SMILES string of the molecule is O=C(CC1CC2CCC(C1)N2)Nc1nc2ccc(OC(F)(F)F)cc2s1. The van der Waals surface area contributed by atoms with Gasteiger partial charge in [0.15, 0.2) is 5.13 Å². The highest BCUT2D eigenvalue weighted by Crippen LogP contribution is 2.34. The van der Waals surface area contributed by atoms with Crippen molar-refractivity contribution in [1.82, 2.24) is 10.3 Å². The third-order valence-electron chi connectivity index (χ3n) is 4.88. The van der Waals surface area contributed by atoms with E-state index in [-0.39, 0.29) is 11.7 Å². The number of thiazole rings is 1. The number of benzene rings is 1. The smallest absolute Gasteiger partial charge is 0.406 e. The van der Waals surface area contributed by atoms with Gasteiger partial charge >= 0.3 is 6.36 Å². The zero-order chi connectivity index (χ0) is 18.3. The van der Waals surface area contributed by atoms with Crippen LogP contribution in [0, 0.1) is 5.92 Å². The van der Waals surface area contributed by atoms with Crippen molar-refractivity contribution >= 4 is 32.6 Å². The molecule has 2 bridgehead atoms. The van der Waals surface area contributed by atoms with Gasteiger partial charge in [0.1, 0.15) is 5.75 Å². The number of anilines is 1. The fraction of sp³-hybridized carbons (Fsp3) is 0.529. The summed E-state index contributed by atoms with van der Waals surface area (Å²) in [6.45, 7) is 0. The Morgan fingerprint density at radius 1 is 1.31 bits per heavy atom. The van der Waals surface area contributed by atoms with Gasteiger partial charge in [-0.05, 0) is 43.7 Å². The molecular formula is C17H18F3N3O2S. The quantitative estimate of drug-likeness (QED) is 0.833. The highest BCUT2D eigenvalue weighted by Gasteiger charge is 2.34. The Labute approximate surface area is 151 Å². The monoisotopic (exact) mass is 385 g/mol. The molecule has 2 aliphatic heterocycles. The van der Waals surface area contributed by atoms with E-state index in [1.807, 2.05) is 0 Å². The van der Waals surface area contributed by atoms with Crippen LogP contribution in [-0.2, 0) is 4.79 Å². The van der Waals surface area contributed by atoms with E-state index in [0.717, 1.165) is 24.2 Å². The number of amides is 1. The van der Waals surface area contributed by atoms with Crippen LogP contribution in [0.4, 0.5) is 18.3 Å². The molecule has 2 atom stereocenters. The van der Waals surface area contributed by atoms with Gasteiger partial charge in [-0.25, -0.2) is 4.98 Å². The predicted molar refractivity (Wildman–Crippen MR) is 92.2 cm³/mol. The molecule has 9 heteroatoms. The van der Waals surface area contributed by atoms with Crippen molar-refractivity contribution in [2.24, 2.45) is 5.92 Å². The molecule has 1 aromatic carbocycles. The van der Waals surface area contributed by atoms with Gasteiger partial charge in [-0.3, -0.25) is 4.79 Å². The first-order valence-corrected chi connectivity index (χ1v) is 9.38. The average Bonchev–Trinajstić information content (AvgIpc) is 3.07. The minimum absolute atomic E-state index is 0.0953. The average molecular weight is 385 g/mol. The maximum absolute atomic E-state index is 12.3. The number of aromatic nitrogens is 1. The molecule has 0 spiro atoms. The van der Waals surface area contributed by atoms with Gasteiger partial charge in [0.25, 0.3) is 0 Å². The molecule has 0 aliphatic carbocycles. The Kier molecular flexibility index (Phi) is 4.52. The van der Waals surface area contributed by atoms with E-state index in [0.29, 0.717) is 39.8 Å². The first kappa shape index (κ1) is 17.5. The van der Waals surface area contributed by atoms with E-state index in [1.165, 1.54) is 31.0 Å². The second-order valence-corrected chi connectivity index (χ2v) is 7.95. The third kappa shape index (κ3) is 4.09. The molecule has 1 amide bonds. The lowest BCUT2D eigenvalue weighted by Gasteiger charge is -2.28. The van der Waals surface area contributed by atoms with Crippen LogP contribution in [0.5, 0.6) is 5.75 Å². The first-order valence-electron chi connectivity index (χ1n) is 8.56. The van der Waals surface area contributed by atoms with Crippen LogP contribution in [0.25, 0.3) is 10.2 Å². The second-order valence-electron chi connectivity index (χ2n) is 6.92. The Morgan fingerprint density at radius 2 is 2.04 bits per heavy atom. The van der Waals surface area contributed by atoms with Gasteiger partial charge in [0.05, 0.1) is 10.2 Å². The molecule has 2 unspecified atom stereocenters. The summed E-state index contributed by atoms with van der Waals surface area (Å²) in [6, 6.07) is 5.00. The van der Waals surface area contributed by atoms with Gasteiger partial charge in [-0.15, -0.1) is 13.2 Å². The molecule has 2 aromatic rings. The van der Waals surface area contributed by atoms with Gasteiger partial charge < -0.3 is 15.4 Å². The molecule has 3 heterocycles. The number of piperidine rings is 1. The van der Waals surface area contributed by atoms with Crippen LogP contribution in [0.1, 0.15) is 32.1 Å². The molecule has 0 radical (unpaired) electrons. The molecule has 0 saturated carbocycles. The van der Waals surface area contributed by atoms with Crippen LogP contribution < -0.4 is 15.4 Å². The first-order chi connectivity index (χ1) is 12.3. The molecule has 2 aliphatic rings. The fourth-order valence-electron chi connectivity index (χ4n) is 3.93. The van der Waals surface area contributed by atoms with Gasteiger partial charge in [0.2, 0.25) is 5.91 Å². The zero-order valence-corrected chi connectivity index (χ0v) is 14.6. The largest absolute Gasteiger partial charge is 0.573 e. The standard InChI is InChI=1S/C17H18F3N3O2S/c18-17(19,20)25-12-3-4-13-14(8-12)26-16(22-13)23-15(24)7-9-5-10-1-2-11(6-9)21-10/h3-4,8-11,21H,1-2,5-7H2,(H,22,23,24). The summed E-state index contributed by atoms with van der Waals surface area (Å²) in [5.41, 5.74) is 0.528. The number of carbonyl (C=O) groups is 1. The van der Waals surface area contributed by atoms with Gasteiger partial charge in [-0.2, -0.15) is 0 Å². The molecule has 2 saturated heterocycles. The fourth-order valence-corrected chi connectivity index (χ4v) is 4.84. The van der Waals surface area contributed by atoms with Crippen LogP contribution in [0.15, 0.2) is 18.2 Å².